The van der Waals surface area contributed by atoms with E-state index in [9.17, 15) is 0 Å². The van der Waals surface area contributed by atoms with E-state index in [0.29, 0.717) is 38.3 Å². The fraction of sp³-hybridized carbons (Fsp3) is 0.750. The molecule has 0 saturated heterocycles. The molecule has 0 amide bonds. The van der Waals surface area contributed by atoms with Crippen molar-refractivity contribution in [1.29, 1.82) is 0 Å². The maximum absolute atomic E-state index is 5.41. The molecule has 0 aliphatic heterocycles. The van der Waals surface area contributed by atoms with Crippen molar-refractivity contribution in [3.05, 3.63) is 0 Å². The van der Waals surface area contributed by atoms with E-state index in [0.717, 1.165) is 0 Å². The van der Waals surface area contributed by atoms with Gasteiger partial charge in [0.2, 0.25) is 5.95 Å². The number of ether oxygens (including phenoxy) is 3. The summed E-state index contributed by atoms with van der Waals surface area (Å²) in [5.74, 6) is 0.925. The number of hydrogen-bond acceptors (Lipinski definition) is 7. The van der Waals surface area contributed by atoms with Crippen molar-refractivity contribution < 1.29 is 14.2 Å². The zero-order valence-corrected chi connectivity index (χ0v) is 12.0. The van der Waals surface area contributed by atoms with Gasteiger partial charge >= 0.3 is 12.0 Å². The molecule has 1 heterocycles. The molecular formula is C12H22N4O3. The predicted molar refractivity (Wildman–Crippen MR) is 71.7 cm³/mol. The molecule has 0 fully saturated rings. The molecule has 1 aromatic heterocycles. The average molecular weight is 270 g/mol. The van der Waals surface area contributed by atoms with Crippen LogP contribution in [-0.4, -0.2) is 48.4 Å². The van der Waals surface area contributed by atoms with E-state index in [1.54, 1.807) is 7.05 Å². The number of aromatic nitrogens is 3. The zero-order valence-electron chi connectivity index (χ0n) is 12.0. The molecule has 0 bridgehead atoms. The molecule has 0 atom stereocenters. The molecule has 0 saturated carbocycles. The highest BCUT2D eigenvalue weighted by Crippen LogP contribution is 2.12. The van der Waals surface area contributed by atoms with Crippen LogP contribution in [0.1, 0.15) is 20.8 Å². The van der Waals surface area contributed by atoms with Gasteiger partial charge in [-0.25, -0.2) is 0 Å². The molecular weight excluding hydrogens is 248 g/mol. The lowest BCUT2D eigenvalue weighted by Crippen LogP contribution is -2.12. The Morgan fingerprint density at radius 1 is 1.05 bits per heavy atom. The first kappa shape index (κ1) is 15.4. The minimum absolute atomic E-state index is 0.232. The van der Waals surface area contributed by atoms with Gasteiger partial charge in [-0.3, -0.25) is 0 Å². The third-order valence-corrected chi connectivity index (χ3v) is 2.00. The molecule has 1 rings (SSSR count). The second-order valence-electron chi connectivity index (χ2n) is 4.22. The molecule has 0 aliphatic rings. The summed E-state index contributed by atoms with van der Waals surface area (Å²) in [7, 11) is 1.72. The van der Waals surface area contributed by atoms with Gasteiger partial charge in [0, 0.05) is 13.7 Å². The summed E-state index contributed by atoms with van der Waals surface area (Å²) in [6.07, 6.45) is 0. The lowest BCUT2D eigenvalue weighted by atomic mass is 10.2. The lowest BCUT2D eigenvalue weighted by molar-refractivity contribution is 0.0788. The maximum atomic E-state index is 5.41. The van der Waals surface area contributed by atoms with Crippen LogP contribution in [0.2, 0.25) is 0 Å². The van der Waals surface area contributed by atoms with E-state index in [1.165, 1.54) is 0 Å². The fourth-order valence-corrected chi connectivity index (χ4v) is 1.22. The molecule has 108 valence electrons. The Hall–Kier alpha value is -1.63. The Morgan fingerprint density at radius 2 is 1.74 bits per heavy atom. The molecule has 19 heavy (non-hydrogen) atoms. The van der Waals surface area contributed by atoms with Crippen molar-refractivity contribution in [1.82, 2.24) is 15.0 Å². The van der Waals surface area contributed by atoms with Gasteiger partial charge in [-0.15, -0.1) is 4.98 Å². The first-order valence-corrected chi connectivity index (χ1v) is 6.42. The second kappa shape index (κ2) is 8.47. The van der Waals surface area contributed by atoms with Gasteiger partial charge in [0.05, 0.1) is 13.2 Å². The topological polar surface area (TPSA) is 78.4 Å². The summed E-state index contributed by atoms with van der Waals surface area (Å²) in [5.41, 5.74) is 0. The SMILES string of the molecule is CCOc1nc(NC)nc(OCCOCC(C)C)n1. The van der Waals surface area contributed by atoms with E-state index in [-0.39, 0.29) is 12.0 Å². The average Bonchev–Trinajstić information content (AvgIpc) is 2.38. The first-order valence-electron chi connectivity index (χ1n) is 6.42. The van der Waals surface area contributed by atoms with Crippen molar-refractivity contribution in [3.63, 3.8) is 0 Å². The molecule has 0 unspecified atom stereocenters. The Morgan fingerprint density at radius 3 is 2.32 bits per heavy atom. The van der Waals surface area contributed by atoms with Crippen molar-refractivity contribution >= 4 is 5.95 Å². The van der Waals surface area contributed by atoms with Crippen LogP contribution >= 0.6 is 0 Å². The molecule has 0 radical (unpaired) electrons. The van der Waals surface area contributed by atoms with Crippen molar-refractivity contribution in [2.75, 3.05) is 38.8 Å². The van der Waals surface area contributed by atoms with Crippen molar-refractivity contribution in [3.8, 4) is 12.0 Å². The van der Waals surface area contributed by atoms with Crippen LogP contribution in [-0.2, 0) is 4.74 Å². The van der Waals surface area contributed by atoms with Crippen LogP contribution in [0.3, 0.4) is 0 Å². The summed E-state index contributed by atoms with van der Waals surface area (Å²) >= 11 is 0. The van der Waals surface area contributed by atoms with Gasteiger partial charge in [0.25, 0.3) is 0 Å². The standard InChI is InChI=1S/C12H22N4O3/c1-5-18-11-14-10(13-4)15-12(16-11)19-7-6-17-8-9(2)3/h9H,5-8H2,1-4H3,(H,13,14,15,16). The number of nitrogens with zero attached hydrogens (tertiary/aromatic N) is 3. The summed E-state index contributed by atoms with van der Waals surface area (Å²) in [6, 6.07) is 0.482. The van der Waals surface area contributed by atoms with Crippen LogP contribution in [0.25, 0.3) is 0 Å². The van der Waals surface area contributed by atoms with Crippen molar-refractivity contribution in [2.45, 2.75) is 20.8 Å². The van der Waals surface area contributed by atoms with Gasteiger partial charge in [-0.1, -0.05) is 13.8 Å². The van der Waals surface area contributed by atoms with Crippen LogP contribution < -0.4 is 14.8 Å². The van der Waals surface area contributed by atoms with Crippen LogP contribution in [0.4, 0.5) is 5.95 Å². The minimum Gasteiger partial charge on any atom is -0.464 e. The number of rotatable bonds is 9. The Kier molecular flexibility index (Phi) is 6.88. The number of anilines is 1. The molecule has 1 aromatic rings. The highest BCUT2D eigenvalue weighted by atomic mass is 16.5. The van der Waals surface area contributed by atoms with Crippen molar-refractivity contribution in [2.24, 2.45) is 5.92 Å². The smallest absolute Gasteiger partial charge is 0.324 e. The van der Waals surface area contributed by atoms with E-state index in [4.69, 9.17) is 14.2 Å². The zero-order chi connectivity index (χ0) is 14.1. The summed E-state index contributed by atoms with van der Waals surface area (Å²) in [5, 5.41) is 2.83. The van der Waals surface area contributed by atoms with Gasteiger partial charge in [-0.05, 0) is 12.8 Å². The summed E-state index contributed by atoms with van der Waals surface area (Å²) in [4.78, 5) is 12.2. The Balaban J connectivity index is 2.45. The lowest BCUT2D eigenvalue weighted by Gasteiger charge is -2.09. The second-order valence-corrected chi connectivity index (χ2v) is 4.22. The van der Waals surface area contributed by atoms with E-state index >= 15 is 0 Å². The summed E-state index contributed by atoms with van der Waals surface area (Å²) < 4.78 is 16.1. The van der Waals surface area contributed by atoms with E-state index in [2.05, 4.69) is 34.1 Å². The van der Waals surface area contributed by atoms with Gasteiger partial charge in [0.1, 0.15) is 6.61 Å². The van der Waals surface area contributed by atoms with E-state index in [1.807, 2.05) is 6.92 Å². The highest BCUT2D eigenvalue weighted by Gasteiger charge is 2.07. The first-order chi connectivity index (χ1) is 9.15. The van der Waals surface area contributed by atoms with Crippen LogP contribution in [0.5, 0.6) is 12.0 Å². The van der Waals surface area contributed by atoms with Gasteiger partial charge < -0.3 is 19.5 Å². The molecule has 7 heteroatoms. The molecule has 0 aliphatic carbocycles. The monoisotopic (exact) mass is 270 g/mol. The van der Waals surface area contributed by atoms with E-state index < -0.39 is 0 Å². The Bertz CT molecular complexity index is 374. The largest absolute Gasteiger partial charge is 0.464 e. The minimum atomic E-state index is 0.232. The normalized spacial score (nSPS) is 10.6. The predicted octanol–water partition coefficient (Wildman–Crippen LogP) is 1.36. The third kappa shape index (κ3) is 6.19. The molecule has 7 nitrogen and oxygen atoms in total. The maximum Gasteiger partial charge on any atom is 0.324 e. The van der Waals surface area contributed by atoms with Gasteiger partial charge in [0.15, 0.2) is 0 Å². The number of nitrogens with one attached hydrogen (secondary N) is 1. The van der Waals surface area contributed by atoms with Crippen LogP contribution in [0.15, 0.2) is 0 Å². The molecule has 0 spiro atoms. The summed E-state index contributed by atoms with van der Waals surface area (Å²) in [6.45, 7) is 8.16. The fourth-order valence-electron chi connectivity index (χ4n) is 1.22. The Labute approximate surface area is 113 Å². The molecule has 1 N–H and O–H groups in total. The van der Waals surface area contributed by atoms with Gasteiger partial charge in [-0.2, -0.15) is 9.97 Å². The quantitative estimate of drug-likeness (QED) is 0.679. The van der Waals surface area contributed by atoms with Crippen LogP contribution in [0, 0.1) is 5.92 Å². The number of hydrogen-bond donors (Lipinski definition) is 1. The highest BCUT2D eigenvalue weighted by molar-refractivity contribution is 5.26. The third-order valence-electron chi connectivity index (χ3n) is 2.00. The molecule has 0 aromatic carbocycles.